The van der Waals surface area contributed by atoms with Crippen LogP contribution in [0, 0.1) is 6.92 Å². The number of nitrogens with zero attached hydrogens (tertiary/aromatic N) is 2. The van der Waals surface area contributed by atoms with Gasteiger partial charge >= 0.3 is 5.97 Å². The molecule has 2 rings (SSSR count). The topological polar surface area (TPSA) is 75.1 Å². The molecule has 1 aliphatic rings. The summed E-state index contributed by atoms with van der Waals surface area (Å²) >= 11 is 0. The Kier molecular flexibility index (Phi) is 3.26. The number of rotatable bonds is 3. The van der Waals surface area contributed by atoms with E-state index in [0.29, 0.717) is 18.7 Å². The third kappa shape index (κ3) is 2.54. The zero-order chi connectivity index (χ0) is 12.3. The van der Waals surface area contributed by atoms with Crippen molar-refractivity contribution in [2.24, 2.45) is 0 Å². The van der Waals surface area contributed by atoms with Gasteiger partial charge in [-0.2, -0.15) is 5.10 Å². The first-order chi connectivity index (χ1) is 8.12. The van der Waals surface area contributed by atoms with Crippen LogP contribution < -0.4 is 5.32 Å². The van der Waals surface area contributed by atoms with E-state index >= 15 is 0 Å². The second kappa shape index (κ2) is 4.69. The zero-order valence-electron chi connectivity index (χ0n) is 9.94. The molecule has 0 unspecified atom stereocenters. The quantitative estimate of drug-likeness (QED) is 0.838. The fraction of sp³-hybridized carbons (Fsp3) is 0.583. The molecule has 5 nitrogen and oxygen atoms in total. The maximum absolute atomic E-state index is 11.4. The first-order valence-corrected chi connectivity index (χ1v) is 5.94. The molecular formula is C12H17N3O2. The van der Waals surface area contributed by atoms with Crippen LogP contribution in [0.2, 0.25) is 0 Å². The Hall–Kier alpha value is -1.65. The normalized spacial score (nSPS) is 18.6. The van der Waals surface area contributed by atoms with E-state index in [1.54, 1.807) is 6.07 Å². The Morgan fingerprint density at radius 3 is 2.53 bits per heavy atom. The number of aryl methyl sites for hydroxylation is 1. The van der Waals surface area contributed by atoms with Crippen molar-refractivity contribution in [2.75, 3.05) is 5.32 Å². The summed E-state index contributed by atoms with van der Waals surface area (Å²) in [6, 6.07) is 3.61. The van der Waals surface area contributed by atoms with Crippen LogP contribution in [0.15, 0.2) is 12.1 Å². The number of aromatic nitrogens is 2. The number of aliphatic carboxylic acids is 1. The molecule has 17 heavy (non-hydrogen) atoms. The standard InChI is InChI=1S/C12H17N3O2/c1-9-5-6-10(15-14-9)13-12(11(16)17)7-3-2-4-8-12/h5-6H,2-4,7-8H2,1H3,(H,13,15)(H,16,17). The van der Waals surface area contributed by atoms with Crippen molar-refractivity contribution in [1.82, 2.24) is 10.2 Å². The van der Waals surface area contributed by atoms with Gasteiger partial charge in [-0.1, -0.05) is 19.3 Å². The van der Waals surface area contributed by atoms with E-state index in [1.807, 2.05) is 13.0 Å². The first kappa shape index (κ1) is 11.8. The summed E-state index contributed by atoms with van der Waals surface area (Å²) in [5.41, 5.74) is -0.0362. The van der Waals surface area contributed by atoms with Crippen LogP contribution in [0.1, 0.15) is 37.8 Å². The monoisotopic (exact) mass is 235 g/mol. The largest absolute Gasteiger partial charge is 0.480 e. The van der Waals surface area contributed by atoms with Crippen molar-refractivity contribution < 1.29 is 9.90 Å². The minimum Gasteiger partial charge on any atom is -0.480 e. The molecule has 1 saturated carbocycles. The molecule has 1 aliphatic carbocycles. The Labute approximate surface area is 100 Å². The summed E-state index contributed by atoms with van der Waals surface area (Å²) in [6.45, 7) is 1.85. The van der Waals surface area contributed by atoms with E-state index in [9.17, 15) is 9.90 Å². The van der Waals surface area contributed by atoms with Gasteiger partial charge in [0.1, 0.15) is 11.4 Å². The summed E-state index contributed by atoms with van der Waals surface area (Å²) in [6.07, 6.45) is 4.29. The highest BCUT2D eigenvalue weighted by Crippen LogP contribution is 2.31. The lowest BCUT2D eigenvalue weighted by Crippen LogP contribution is -2.48. The second-order valence-corrected chi connectivity index (χ2v) is 4.63. The molecule has 1 aromatic heterocycles. The van der Waals surface area contributed by atoms with Gasteiger partial charge in [-0.05, 0) is 31.9 Å². The van der Waals surface area contributed by atoms with Crippen LogP contribution in [0.3, 0.4) is 0 Å². The third-order valence-corrected chi connectivity index (χ3v) is 3.28. The molecule has 1 aromatic rings. The van der Waals surface area contributed by atoms with Crippen molar-refractivity contribution in [3.63, 3.8) is 0 Å². The fourth-order valence-corrected chi connectivity index (χ4v) is 2.26. The first-order valence-electron chi connectivity index (χ1n) is 5.94. The van der Waals surface area contributed by atoms with Crippen molar-refractivity contribution in [1.29, 1.82) is 0 Å². The minimum atomic E-state index is -0.859. The Bertz CT molecular complexity index is 397. The van der Waals surface area contributed by atoms with Crippen molar-refractivity contribution in [3.8, 4) is 0 Å². The lowest BCUT2D eigenvalue weighted by atomic mass is 9.81. The van der Waals surface area contributed by atoms with Crippen LogP contribution in [-0.4, -0.2) is 26.8 Å². The van der Waals surface area contributed by atoms with E-state index in [4.69, 9.17) is 0 Å². The number of carbonyl (C=O) groups is 1. The van der Waals surface area contributed by atoms with Crippen LogP contribution in [0.25, 0.3) is 0 Å². The van der Waals surface area contributed by atoms with Crippen molar-refractivity contribution in [2.45, 2.75) is 44.6 Å². The van der Waals surface area contributed by atoms with E-state index in [1.165, 1.54) is 0 Å². The van der Waals surface area contributed by atoms with E-state index in [-0.39, 0.29) is 0 Å². The number of nitrogens with one attached hydrogen (secondary N) is 1. The summed E-state index contributed by atoms with van der Waals surface area (Å²) in [7, 11) is 0. The second-order valence-electron chi connectivity index (χ2n) is 4.63. The Morgan fingerprint density at radius 1 is 1.29 bits per heavy atom. The lowest BCUT2D eigenvalue weighted by molar-refractivity contribution is -0.143. The highest BCUT2D eigenvalue weighted by atomic mass is 16.4. The highest BCUT2D eigenvalue weighted by Gasteiger charge is 2.39. The summed E-state index contributed by atoms with van der Waals surface area (Å²) in [5, 5.41) is 20.3. The smallest absolute Gasteiger partial charge is 0.329 e. The zero-order valence-corrected chi connectivity index (χ0v) is 9.94. The average Bonchev–Trinajstić information content (AvgIpc) is 2.33. The third-order valence-electron chi connectivity index (χ3n) is 3.28. The maximum atomic E-state index is 11.4. The van der Waals surface area contributed by atoms with Gasteiger partial charge in [0.2, 0.25) is 0 Å². The van der Waals surface area contributed by atoms with Gasteiger partial charge in [0.25, 0.3) is 0 Å². The number of hydrogen-bond acceptors (Lipinski definition) is 4. The molecule has 0 aliphatic heterocycles. The number of carboxylic acid groups (broad SMARTS) is 1. The maximum Gasteiger partial charge on any atom is 0.329 e. The van der Waals surface area contributed by atoms with Gasteiger partial charge in [0.15, 0.2) is 0 Å². The predicted molar refractivity (Wildman–Crippen MR) is 63.8 cm³/mol. The van der Waals surface area contributed by atoms with Crippen LogP contribution in [0.4, 0.5) is 5.82 Å². The minimum absolute atomic E-state index is 0.542. The summed E-state index contributed by atoms with van der Waals surface area (Å²) in [4.78, 5) is 11.4. The van der Waals surface area contributed by atoms with E-state index in [2.05, 4.69) is 15.5 Å². The van der Waals surface area contributed by atoms with E-state index < -0.39 is 11.5 Å². The van der Waals surface area contributed by atoms with Gasteiger partial charge < -0.3 is 10.4 Å². The number of anilines is 1. The molecule has 2 N–H and O–H groups in total. The molecule has 0 amide bonds. The van der Waals surface area contributed by atoms with E-state index in [0.717, 1.165) is 25.0 Å². The molecule has 0 bridgehead atoms. The van der Waals surface area contributed by atoms with Gasteiger partial charge in [0, 0.05) is 0 Å². The van der Waals surface area contributed by atoms with Gasteiger partial charge in [-0.15, -0.1) is 5.10 Å². The Balaban J connectivity index is 2.17. The van der Waals surface area contributed by atoms with Crippen molar-refractivity contribution >= 4 is 11.8 Å². The molecule has 5 heteroatoms. The number of hydrogen-bond donors (Lipinski definition) is 2. The molecule has 1 fully saturated rings. The molecular weight excluding hydrogens is 218 g/mol. The SMILES string of the molecule is Cc1ccc(NC2(C(=O)O)CCCCC2)nn1. The predicted octanol–water partition coefficient (Wildman–Crippen LogP) is 1.98. The van der Waals surface area contributed by atoms with Crippen LogP contribution in [-0.2, 0) is 4.79 Å². The van der Waals surface area contributed by atoms with Crippen LogP contribution in [0.5, 0.6) is 0 Å². The lowest BCUT2D eigenvalue weighted by Gasteiger charge is -2.34. The average molecular weight is 235 g/mol. The number of carboxylic acids is 1. The molecule has 0 saturated heterocycles. The van der Waals surface area contributed by atoms with Crippen molar-refractivity contribution in [3.05, 3.63) is 17.8 Å². The van der Waals surface area contributed by atoms with Gasteiger partial charge in [-0.3, -0.25) is 0 Å². The summed E-state index contributed by atoms with van der Waals surface area (Å²) in [5.74, 6) is -0.250. The molecule has 0 radical (unpaired) electrons. The molecule has 1 heterocycles. The molecule has 92 valence electrons. The fourth-order valence-electron chi connectivity index (χ4n) is 2.26. The van der Waals surface area contributed by atoms with Gasteiger partial charge in [-0.25, -0.2) is 4.79 Å². The van der Waals surface area contributed by atoms with Crippen LogP contribution >= 0.6 is 0 Å². The molecule has 0 aromatic carbocycles. The Morgan fingerprint density at radius 2 is 2.00 bits per heavy atom. The highest BCUT2D eigenvalue weighted by molar-refractivity contribution is 5.82. The molecule has 0 atom stereocenters. The molecule has 0 spiro atoms. The summed E-state index contributed by atoms with van der Waals surface area (Å²) < 4.78 is 0. The van der Waals surface area contributed by atoms with Gasteiger partial charge in [0.05, 0.1) is 5.69 Å².